The van der Waals surface area contributed by atoms with Crippen LogP contribution in [0.1, 0.15) is 59.9 Å². The van der Waals surface area contributed by atoms with Gasteiger partial charge >= 0.3 is 0 Å². The molecule has 6 nitrogen and oxygen atoms in total. The molecule has 34 heavy (non-hydrogen) atoms. The number of nitrogens with zero attached hydrogens (tertiary/aromatic N) is 3. The molecule has 5 rings (SSSR count). The number of nitrogens with one attached hydrogen (secondary N) is 1. The third-order valence-corrected chi connectivity index (χ3v) is 8.79. The number of aryl methyl sites for hydroxylation is 1. The van der Waals surface area contributed by atoms with Gasteiger partial charge in [0.25, 0.3) is 5.91 Å². The second-order valence-electron chi connectivity index (χ2n) is 9.98. The van der Waals surface area contributed by atoms with E-state index in [1.165, 1.54) is 16.8 Å². The highest BCUT2D eigenvalue weighted by molar-refractivity contribution is 7.99. The van der Waals surface area contributed by atoms with Crippen molar-refractivity contribution >= 4 is 17.7 Å². The van der Waals surface area contributed by atoms with Gasteiger partial charge in [-0.1, -0.05) is 37.3 Å². The first-order valence-electron chi connectivity index (χ1n) is 13.0. The van der Waals surface area contributed by atoms with Crippen molar-refractivity contribution in [2.45, 2.75) is 63.5 Å². The number of carbonyl (C=O) groups is 1. The number of amides is 1. The molecule has 2 fully saturated rings. The second-order valence-corrected chi connectivity index (χ2v) is 11.2. The smallest absolute Gasteiger partial charge is 0.274 e. The van der Waals surface area contributed by atoms with Crippen LogP contribution >= 0.6 is 11.8 Å². The van der Waals surface area contributed by atoms with E-state index in [0.717, 1.165) is 89.4 Å². The Bertz CT molecular complexity index is 965. The van der Waals surface area contributed by atoms with Crippen molar-refractivity contribution in [2.75, 3.05) is 44.4 Å². The minimum atomic E-state index is 0.121. The van der Waals surface area contributed by atoms with E-state index in [2.05, 4.69) is 47.3 Å². The monoisotopic (exact) mass is 482 g/mol. The normalized spacial score (nSPS) is 22.4. The maximum atomic E-state index is 13.4. The summed E-state index contributed by atoms with van der Waals surface area (Å²) >= 11 is 1.93. The van der Waals surface area contributed by atoms with Crippen LogP contribution in [0.5, 0.6) is 0 Å². The first-order valence-corrected chi connectivity index (χ1v) is 14.2. The molecule has 0 spiro atoms. The highest BCUT2D eigenvalue weighted by Gasteiger charge is 2.36. The summed E-state index contributed by atoms with van der Waals surface area (Å²) < 4.78 is 7.85. The molecule has 1 N–H and O–H groups in total. The van der Waals surface area contributed by atoms with E-state index in [0.29, 0.717) is 11.7 Å². The lowest BCUT2D eigenvalue weighted by Gasteiger charge is -2.39. The lowest BCUT2D eigenvalue weighted by atomic mass is 9.73. The van der Waals surface area contributed by atoms with Crippen molar-refractivity contribution in [3.63, 3.8) is 0 Å². The number of thioether (sulfide) groups is 1. The van der Waals surface area contributed by atoms with Crippen LogP contribution < -0.4 is 5.32 Å². The Kier molecular flexibility index (Phi) is 7.61. The number of ether oxygens (including phenoxy) is 1. The van der Waals surface area contributed by atoms with Gasteiger partial charge in [0.15, 0.2) is 5.69 Å². The zero-order valence-corrected chi connectivity index (χ0v) is 21.2. The van der Waals surface area contributed by atoms with E-state index in [4.69, 9.17) is 9.84 Å². The SMILES string of the molecule is CCCn1nc(C(=O)N2CCSCC2)c2c1CCC(NCC1(c3ccccc3)CCOCC1)C2. The van der Waals surface area contributed by atoms with E-state index in [1.807, 2.05) is 16.7 Å². The van der Waals surface area contributed by atoms with Crippen LogP contribution in [0.2, 0.25) is 0 Å². The molecule has 7 heteroatoms. The summed E-state index contributed by atoms with van der Waals surface area (Å²) in [5.41, 5.74) is 4.73. The van der Waals surface area contributed by atoms with E-state index < -0.39 is 0 Å². The topological polar surface area (TPSA) is 59.4 Å². The van der Waals surface area contributed by atoms with E-state index >= 15 is 0 Å². The number of aromatic nitrogens is 2. The van der Waals surface area contributed by atoms with Gasteiger partial charge in [0.2, 0.25) is 0 Å². The van der Waals surface area contributed by atoms with Crippen molar-refractivity contribution in [3.8, 4) is 0 Å². The van der Waals surface area contributed by atoms with Gasteiger partial charge in [0, 0.05) is 73.6 Å². The van der Waals surface area contributed by atoms with Crippen molar-refractivity contribution in [3.05, 3.63) is 52.8 Å². The molecule has 3 heterocycles. The van der Waals surface area contributed by atoms with Crippen LogP contribution in [-0.4, -0.2) is 71.0 Å². The highest BCUT2D eigenvalue weighted by atomic mass is 32.2. The molecule has 2 saturated heterocycles. The van der Waals surface area contributed by atoms with Crippen molar-refractivity contribution in [2.24, 2.45) is 0 Å². The number of hydrogen-bond acceptors (Lipinski definition) is 5. The van der Waals surface area contributed by atoms with Gasteiger partial charge in [-0.25, -0.2) is 0 Å². The van der Waals surface area contributed by atoms with Gasteiger partial charge in [0.05, 0.1) is 0 Å². The largest absolute Gasteiger partial charge is 0.381 e. The Morgan fingerprint density at radius 3 is 2.71 bits per heavy atom. The lowest BCUT2D eigenvalue weighted by Crippen LogP contribution is -2.47. The Balaban J connectivity index is 1.34. The Labute approximate surface area is 207 Å². The maximum Gasteiger partial charge on any atom is 0.274 e. The van der Waals surface area contributed by atoms with Gasteiger partial charge in [-0.3, -0.25) is 9.48 Å². The molecule has 2 aromatic rings. The fraction of sp³-hybridized carbons (Fsp3) is 0.630. The minimum Gasteiger partial charge on any atom is -0.381 e. The van der Waals surface area contributed by atoms with Gasteiger partial charge in [-0.05, 0) is 44.1 Å². The Hall–Kier alpha value is -1.83. The second kappa shape index (κ2) is 10.8. The third kappa shape index (κ3) is 4.93. The predicted octanol–water partition coefficient (Wildman–Crippen LogP) is 3.68. The fourth-order valence-electron chi connectivity index (χ4n) is 5.81. The number of fused-ring (bicyclic) bond motifs is 1. The van der Waals surface area contributed by atoms with Crippen LogP contribution in [0.15, 0.2) is 30.3 Å². The van der Waals surface area contributed by atoms with Crippen molar-refractivity contribution < 1.29 is 9.53 Å². The molecule has 1 aliphatic carbocycles. The van der Waals surface area contributed by atoms with Gasteiger partial charge in [-0.2, -0.15) is 16.9 Å². The zero-order valence-electron chi connectivity index (χ0n) is 20.4. The van der Waals surface area contributed by atoms with Crippen LogP contribution in [0.3, 0.4) is 0 Å². The van der Waals surface area contributed by atoms with Gasteiger partial charge < -0.3 is 15.0 Å². The maximum absolute atomic E-state index is 13.4. The van der Waals surface area contributed by atoms with Crippen molar-refractivity contribution in [1.82, 2.24) is 20.0 Å². The Morgan fingerprint density at radius 1 is 1.21 bits per heavy atom. The van der Waals surface area contributed by atoms with Gasteiger partial charge in [0.1, 0.15) is 0 Å². The number of carbonyl (C=O) groups excluding carboxylic acids is 1. The summed E-state index contributed by atoms with van der Waals surface area (Å²) in [5, 5.41) is 8.81. The van der Waals surface area contributed by atoms with E-state index in [1.54, 1.807) is 0 Å². The van der Waals surface area contributed by atoms with E-state index in [9.17, 15) is 4.79 Å². The first-order chi connectivity index (χ1) is 16.7. The molecule has 184 valence electrons. The summed E-state index contributed by atoms with van der Waals surface area (Å²) in [7, 11) is 0. The molecule has 0 bridgehead atoms. The Morgan fingerprint density at radius 2 is 1.97 bits per heavy atom. The summed E-state index contributed by atoms with van der Waals surface area (Å²) in [5.74, 6) is 2.19. The minimum absolute atomic E-state index is 0.121. The number of rotatable bonds is 7. The van der Waals surface area contributed by atoms with Crippen LogP contribution in [0, 0.1) is 0 Å². The van der Waals surface area contributed by atoms with E-state index in [-0.39, 0.29) is 11.3 Å². The number of benzene rings is 1. The summed E-state index contributed by atoms with van der Waals surface area (Å²) in [6.07, 6.45) is 6.11. The predicted molar refractivity (Wildman–Crippen MR) is 138 cm³/mol. The van der Waals surface area contributed by atoms with Crippen LogP contribution in [0.25, 0.3) is 0 Å². The lowest BCUT2D eigenvalue weighted by molar-refractivity contribution is 0.0486. The summed E-state index contributed by atoms with van der Waals surface area (Å²) in [6.45, 7) is 7.34. The fourth-order valence-corrected chi connectivity index (χ4v) is 6.71. The standard InChI is InChI=1S/C27H38N4O2S/c1-2-12-31-24-9-8-22(19-23(24)25(29-31)26(32)30-13-17-34-18-14-30)28-20-27(10-15-33-16-11-27)21-6-4-3-5-7-21/h3-7,22,28H,2,8-20H2,1H3. The molecule has 0 radical (unpaired) electrons. The quantitative estimate of drug-likeness (QED) is 0.653. The van der Waals surface area contributed by atoms with Crippen LogP contribution in [0.4, 0.5) is 0 Å². The molecular weight excluding hydrogens is 444 g/mol. The van der Waals surface area contributed by atoms with Gasteiger partial charge in [-0.15, -0.1) is 0 Å². The molecular formula is C27H38N4O2S. The summed E-state index contributed by atoms with van der Waals surface area (Å²) in [4.78, 5) is 15.5. The van der Waals surface area contributed by atoms with Crippen molar-refractivity contribution in [1.29, 1.82) is 0 Å². The molecule has 1 unspecified atom stereocenters. The molecule has 1 atom stereocenters. The third-order valence-electron chi connectivity index (χ3n) is 7.85. The highest BCUT2D eigenvalue weighted by Crippen LogP contribution is 2.35. The molecule has 0 saturated carbocycles. The summed E-state index contributed by atoms with van der Waals surface area (Å²) in [6, 6.07) is 11.3. The average molecular weight is 483 g/mol. The van der Waals surface area contributed by atoms with Crippen LogP contribution in [-0.2, 0) is 29.5 Å². The number of hydrogen-bond donors (Lipinski definition) is 1. The zero-order chi connectivity index (χ0) is 23.4. The molecule has 1 aromatic carbocycles. The molecule has 3 aliphatic rings. The molecule has 1 amide bonds. The molecule has 1 aromatic heterocycles. The average Bonchev–Trinajstić information content (AvgIpc) is 3.26. The molecule has 2 aliphatic heterocycles. The first kappa shape index (κ1) is 23.9.